The van der Waals surface area contributed by atoms with E-state index in [2.05, 4.69) is 31.5 Å². The van der Waals surface area contributed by atoms with Crippen molar-refractivity contribution < 1.29 is 4.79 Å². The van der Waals surface area contributed by atoms with E-state index in [-0.39, 0.29) is 11.9 Å². The first-order valence-electron chi connectivity index (χ1n) is 7.41. The topological polar surface area (TPSA) is 54.0 Å². The van der Waals surface area contributed by atoms with Gasteiger partial charge in [0.25, 0.3) is 0 Å². The van der Waals surface area contributed by atoms with Gasteiger partial charge in [-0.2, -0.15) is 0 Å². The Morgan fingerprint density at radius 1 is 1.30 bits per heavy atom. The van der Waals surface area contributed by atoms with E-state index in [1.165, 1.54) is 32.1 Å². The van der Waals surface area contributed by atoms with Crippen LogP contribution in [0.2, 0.25) is 0 Å². The standard InChI is InChI=1S/C15H20BrN3O/c16-14-12(6-3-9-17-14)19-15(20)13-8-7-10-4-1-2-5-11(10)18-13/h3,6,9-11,13,18H,1-2,4-5,7-8H2,(H,19,20). The summed E-state index contributed by atoms with van der Waals surface area (Å²) in [4.78, 5) is 16.5. The van der Waals surface area contributed by atoms with Crippen LogP contribution in [0.25, 0.3) is 0 Å². The van der Waals surface area contributed by atoms with Gasteiger partial charge in [-0.1, -0.05) is 12.8 Å². The first-order valence-corrected chi connectivity index (χ1v) is 8.21. The van der Waals surface area contributed by atoms with Crippen molar-refractivity contribution >= 4 is 27.5 Å². The van der Waals surface area contributed by atoms with Crippen molar-refractivity contribution in [3.63, 3.8) is 0 Å². The number of carbonyl (C=O) groups excluding carboxylic acids is 1. The first kappa shape index (κ1) is 14.0. The first-order chi connectivity index (χ1) is 9.74. The fourth-order valence-electron chi connectivity index (χ4n) is 3.40. The predicted molar refractivity (Wildman–Crippen MR) is 82.5 cm³/mol. The monoisotopic (exact) mass is 337 g/mol. The second-order valence-corrected chi connectivity index (χ2v) is 6.53. The summed E-state index contributed by atoms with van der Waals surface area (Å²) >= 11 is 3.36. The summed E-state index contributed by atoms with van der Waals surface area (Å²) in [5.74, 6) is 0.834. The van der Waals surface area contributed by atoms with Crippen LogP contribution in [0.5, 0.6) is 0 Å². The summed E-state index contributed by atoms with van der Waals surface area (Å²) in [7, 11) is 0. The maximum atomic E-state index is 12.4. The van der Waals surface area contributed by atoms with E-state index >= 15 is 0 Å². The molecule has 1 amide bonds. The quantitative estimate of drug-likeness (QED) is 0.815. The summed E-state index contributed by atoms with van der Waals surface area (Å²) in [6.07, 6.45) is 8.98. The van der Waals surface area contributed by atoms with E-state index in [9.17, 15) is 4.79 Å². The molecule has 1 aromatic heterocycles. The van der Waals surface area contributed by atoms with E-state index in [1.807, 2.05) is 12.1 Å². The van der Waals surface area contributed by atoms with Crippen LogP contribution < -0.4 is 10.6 Å². The number of fused-ring (bicyclic) bond motifs is 1. The van der Waals surface area contributed by atoms with E-state index in [1.54, 1.807) is 6.20 Å². The van der Waals surface area contributed by atoms with E-state index in [0.29, 0.717) is 10.6 Å². The third-order valence-corrected chi connectivity index (χ3v) is 5.12. The molecular weight excluding hydrogens is 318 g/mol. The molecule has 1 aliphatic heterocycles. The largest absolute Gasteiger partial charge is 0.322 e. The van der Waals surface area contributed by atoms with Gasteiger partial charge in [-0.25, -0.2) is 4.98 Å². The molecule has 4 nitrogen and oxygen atoms in total. The van der Waals surface area contributed by atoms with Gasteiger partial charge in [-0.15, -0.1) is 0 Å². The molecule has 2 heterocycles. The Bertz CT molecular complexity index is 494. The molecule has 1 aromatic rings. The highest BCUT2D eigenvalue weighted by Gasteiger charge is 2.34. The Hall–Kier alpha value is -0.940. The van der Waals surface area contributed by atoms with Gasteiger partial charge in [0.15, 0.2) is 0 Å². The van der Waals surface area contributed by atoms with Crippen molar-refractivity contribution in [2.45, 2.75) is 50.6 Å². The molecule has 20 heavy (non-hydrogen) atoms. The van der Waals surface area contributed by atoms with Crippen LogP contribution >= 0.6 is 15.9 Å². The molecule has 2 N–H and O–H groups in total. The number of piperidine rings is 1. The number of halogens is 1. The number of carbonyl (C=O) groups is 1. The van der Waals surface area contributed by atoms with Gasteiger partial charge >= 0.3 is 0 Å². The van der Waals surface area contributed by atoms with Crippen molar-refractivity contribution in [1.29, 1.82) is 0 Å². The summed E-state index contributed by atoms with van der Waals surface area (Å²) in [6.45, 7) is 0. The molecule has 108 valence electrons. The van der Waals surface area contributed by atoms with Gasteiger partial charge in [-0.05, 0) is 59.7 Å². The summed E-state index contributed by atoms with van der Waals surface area (Å²) in [5, 5.41) is 6.51. The van der Waals surface area contributed by atoms with E-state index in [4.69, 9.17) is 0 Å². The zero-order valence-electron chi connectivity index (χ0n) is 11.4. The van der Waals surface area contributed by atoms with Crippen molar-refractivity contribution in [1.82, 2.24) is 10.3 Å². The molecule has 3 rings (SSSR count). The number of hydrogen-bond acceptors (Lipinski definition) is 3. The number of aromatic nitrogens is 1. The highest BCUT2D eigenvalue weighted by molar-refractivity contribution is 9.10. The zero-order chi connectivity index (χ0) is 13.9. The maximum Gasteiger partial charge on any atom is 0.241 e. The number of amides is 1. The minimum Gasteiger partial charge on any atom is -0.322 e. The van der Waals surface area contributed by atoms with Crippen LogP contribution in [0.3, 0.4) is 0 Å². The number of hydrogen-bond donors (Lipinski definition) is 2. The maximum absolute atomic E-state index is 12.4. The second kappa shape index (κ2) is 6.22. The van der Waals surface area contributed by atoms with Crippen molar-refractivity contribution in [2.24, 2.45) is 5.92 Å². The Morgan fingerprint density at radius 3 is 3.00 bits per heavy atom. The second-order valence-electron chi connectivity index (χ2n) is 5.78. The molecule has 1 saturated heterocycles. The molecule has 5 heteroatoms. The molecule has 0 bridgehead atoms. The number of anilines is 1. The molecule has 3 unspecified atom stereocenters. The predicted octanol–water partition coefficient (Wildman–Crippen LogP) is 3.09. The number of rotatable bonds is 2. The normalized spacial score (nSPS) is 29.6. The smallest absolute Gasteiger partial charge is 0.241 e. The highest BCUT2D eigenvalue weighted by Crippen LogP contribution is 2.32. The van der Waals surface area contributed by atoms with Gasteiger partial charge in [-0.3, -0.25) is 4.79 Å². The lowest BCUT2D eigenvalue weighted by molar-refractivity contribution is -0.119. The van der Waals surface area contributed by atoms with Crippen LogP contribution in [0.4, 0.5) is 5.69 Å². The lowest BCUT2D eigenvalue weighted by Gasteiger charge is -2.39. The third kappa shape index (κ3) is 3.04. The average molecular weight is 338 g/mol. The Balaban J connectivity index is 1.62. The van der Waals surface area contributed by atoms with Crippen molar-refractivity contribution in [3.05, 3.63) is 22.9 Å². The lowest BCUT2D eigenvalue weighted by Crippen LogP contribution is -2.53. The molecule has 2 fully saturated rings. The van der Waals surface area contributed by atoms with Gasteiger partial charge < -0.3 is 10.6 Å². The summed E-state index contributed by atoms with van der Waals surface area (Å²) < 4.78 is 0.680. The molecule has 1 saturated carbocycles. The lowest BCUT2D eigenvalue weighted by atomic mass is 9.77. The number of nitrogens with one attached hydrogen (secondary N) is 2. The van der Waals surface area contributed by atoms with Crippen LogP contribution in [0.15, 0.2) is 22.9 Å². The van der Waals surface area contributed by atoms with Gasteiger partial charge in [0.2, 0.25) is 5.91 Å². The minimum absolute atomic E-state index is 0.0581. The van der Waals surface area contributed by atoms with Gasteiger partial charge in [0, 0.05) is 12.2 Å². The van der Waals surface area contributed by atoms with Crippen LogP contribution in [0.1, 0.15) is 38.5 Å². The summed E-state index contributed by atoms with van der Waals surface area (Å²) in [5.41, 5.74) is 0.741. The molecule has 0 radical (unpaired) electrons. The number of nitrogens with zero attached hydrogens (tertiary/aromatic N) is 1. The molecular formula is C15H20BrN3O. The molecule has 1 aliphatic carbocycles. The Labute approximate surface area is 127 Å². The van der Waals surface area contributed by atoms with Crippen LogP contribution in [-0.2, 0) is 4.79 Å². The Kier molecular flexibility index (Phi) is 4.36. The fourth-order valence-corrected chi connectivity index (χ4v) is 3.75. The minimum atomic E-state index is -0.0681. The summed E-state index contributed by atoms with van der Waals surface area (Å²) in [6, 6.07) is 4.15. The van der Waals surface area contributed by atoms with E-state index in [0.717, 1.165) is 18.0 Å². The molecule has 2 aliphatic rings. The van der Waals surface area contributed by atoms with E-state index < -0.39 is 0 Å². The van der Waals surface area contributed by atoms with Gasteiger partial charge in [0.05, 0.1) is 11.7 Å². The third-order valence-electron chi connectivity index (χ3n) is 4.48. The Morgan fingerprint density at radius 2 is 2.15 bits per heavy atom. The van der Waals surface area contributed by atoms with Crippen LogP contribution in [-0.4, -0.2) is 23.0 Å². The van der Waals surface area contributed by atoms with Crippen molar-refractivity contribution in [3.8, 4) is 0 Å². The number of pyridine rings is 1. The SMILES string of the molecule is O=C(Nc1cccnc1Br)C1CCC2CCCCC2N1. The average Bonchev–Trinajstić information content (AvgIpc) is 2.49. The molecule has 0 aromatic carbocycles. The fraction of sp³-hybridized carbons (Fsp3) is 0.600. The highest BCUT2D eigenvalue weighted by atomic mass is 79.9. The van der Waals surface area contributed by atoms with Gasteiger partial charge in [0.1, 0.15) is 4.60 Å². The zero-order valence-corrected chi connectivity index (χ0v) is 13.0. The molecule has 0 spiro atoms. The van der Waals surface area contributed by atoms with Crippen molar-refractivity contribution in [2.75, 3.05) is 5.32 Å². The van der Waals surface area contributed by atoms with Crippen LogP contribution in [0, 0.1) is 5.92 Å². The molecule has 3 atom stereocenters.